The standard InChI is InChI=1S/C19H19FN4O4S/c1-12-4-7-17(16(20)8-12)24-18(9-14(23-24)11-28-19(25)21-3)29(26,27)15-6-5-13(2)22-10-15/h4-10H,11H2,1-3H3,(H,21,25). The Balaban J connectivity index is 2.14. The first-order valence-electron chi connectivity index (χ1n) is 8.60. The van der Waals surface area contributed by atoms with Crippen LogP contribution in [0.3, 0.4) is 0 Å². The van der Waals surface area contributed by atoms with E-state index in [4.69, 9.17) is 4.74 Å². The minimum Gasteiger partial charge on any atom is -0.443 e. The number of halogens is 1. The van der Waals surface area contributed by atoms with Gasteiger partial charge >= 0.3 is 6.09 Å². The third-order valence-electron chi connectivity index (χ3n) is 4.08. The van der Waals surface area contributed by atoms with E-state index in [1.165, 1.54) is 37.5 Å². The molecule has 2 heterocycles. The average molecular weight is 418 g/mol. The van der Waals surface area contributed by atoms with Crippen LogP contribution < -0.4 is 5.32 Å². The van der Waals surface area contributed by atoms with Crippen molar-refractivity contribution in [2.24, 2.45) is 0 Å². The molecule has 10 heteroatoms. The fourth-order valence-corrected chi connectivity index (χ4v) is 3.91. The van der Waals surface area contributed by atoms with E-state index in [0.717, 1.165) is 4.68 Å². The van der Waals surface area contributed by atoms with Gasteiger partial charge in [0, 0.05) is 25.0 Å². The van der Waals surface area contributed by atoms with E-state index in [2.05, 4.69) is 15.4 Å². The number of rotatable bonds is 5. The highest BCUT2D eigenvalue weighted by molar-refractivity contribution is 7.91. The molecule has 29 heavy (non-hydrogen) atoms. The maximum Gasteiger partial charge on any atom is 0.407 e. The lowest BCUT2D eigenvalue weighted by Crippen LogP contribution is -2.19. The molecule has 0 bridgehead atoms. The number of ether oxygens (including phenoxy) is 1. The molecule has 3 aromatic rings. The van der Waals surface area contributed by atoms with Crippen LogP contribution in [0.1, 0.15) is 17.0 Å². The highest BCUT2D eigenvalue weighted by Crippen LogP contribution is 2.26. The number of hydrogen-bond acceptors (Lipinski definition) is 6. The second-order valence-corrected chi connectivity index (χ2v) is 8.20. The van der Waals surface area contributed by atoms with E-state index in [1.807, 2.05) is 0 Å². The Morgan fingerprint density at radius 1 is 1.21 bits per heavy atom. The molecule has 0 unspecified atom stereocenters. The van der Waals surface area contributed by atoms with Gasteiger partial charge in [-0.15, -0.1) is 0 Å². The molecule has 0 saturated heterocycles. The number of nitrogens with zero attached hydrogens (tertiary/aromatic N) is 3. The fourth-order valence-electron chi connectivity index (χ4n) is 2.57. The van der Waals surface area contributed by atoms with Crippen molar-refractivity contribution in [3.63, 3.8) is 0 Å². The fraction of sp³-hybridized carbons (Fsp3) is 0.211. The second-order valence-electron chi connectivity index (χ2n) is 6.31. The molecule has 0 fully saturated rings. The lowest BCUT2D eigenvalue weighted by molar-refractivity contribution is 0.140. The van der Waals surface area contributed by atoms with Crippen LogP contribution in [0, 0.1) is 19.7 Å². The molecule has 0 aliphatic heterocycles. The van der Waals surface area contributed by atoms with Crippen LogP contribution in [-0.4, -0.2) is 36.3 Å². The summed E-state index contributed by atoms with van der Waals surface area (Å²) in [5, 5.41) is 6.18. The monoisotopic (exact) mass is 418 g/mol. The lowest BCUT2D eigenvalue weighted by Gasteiger charge is -2.10. The maximum atomic E-state index is 14.6. The summed E-state index contributed by atoms with van der Waals surface area (Å²) in [5.74, 6) is -0.634. The summed E-state index contributed by atoms with van der Waals surface area (Å²) in [4.78, 5) is 15.3. The Morgan fingerprint density at radius 2 is 1.97 bits per heavy atom. The van der Waals surface area contributed by atoms with Crippen molar-refractivity contribution >= 4 is 15.9 Å². The molecular formula is C19H19FN4O4S. The Labute approximate surface area is 167 Å². The average Bonchev–Trinajstić information content (AvgIpc) is 3.11. The number of aromatic nitrogens is 3. The van der Waals surface area contributed by atoms with Crippen LogP contribution in [0.15, 0.2) is 52.5 Å². The van der Waals surface area contributed by atoms with Gasteiger partial charge in [0.2, 0.25) is 9.84 Å². The zero-order valence-electron chi connectivity index (χ0n) is 16.0. The Morgan fingerprint density at radius 3 is 2.59 bits per heavy atom. The number of carbonyl (C=O) groups excluding carboxylic acids is 1. The minimum absolute atomic E-state index is 0.0413. The summed E-state index contributed by atoms with van der Waals surface area (Å²) >= 11 is 0. The smallest absolute Gasteiger partial charge is 0.407 e. The highest BCUT2D eigenvalue weighted by atomic mass is 32.2. The third kappa shape index (κ3) is 4.27. The number of hydrogen-bond donors (Lipinski definition) is 1. The molecule has 0 aliphatic rings. The Kier molecular flexibility index (Phi) is 5.64. The molecular weight excluding hydrogens is 399 g/mol. The Bertz CT molecular complexity index is 1160. The van der Waals surface area contributed by atoms with Gasteiger partial charge in [-0.25, -0.2) is 22.3 Å². The lowest BCUT2D eigenvalue weighted by atomic mass is 10.2. The largest absolute Gasteiger partial charge is 0.443 e. The van der Waals surface area contributed by atoms with Gasteiger partial charge in [-0.05, 0) is 43.7 Å². The highest BCUT2D eigenvalue weighted by Gasteiger charge is 2.27. The van der Waals surface area contributed by atoms with E-state index in [0.29, 0.717) is 11.3 Å². The van der Waals surface area contributed by atoms with E-state index >= 15 is 0 Å². The Hall–Kier alpha value is -3.27. The first kappa shape index (κ1) is 20.5. The molecule has 8 nitrogen and oxygen atoms in total. The zero-order valence-corrected chi connectivity index (χ0v) is 16.8. The predicted octanol–water partition coefficient (Wildman–Crippen LogP) is 2.71. The number of aryl methyl sites for hydroxylation is 2. The van der Waals surface area contributed by atoms with Gasteiger partial charge < -0.3 is 10.1 Å². The molecule has 0 radical (unpaired) electrons. The molecule has 2 aromatic heterocycles. The van der Waals surface area contributed by atoms with Crippen molar-refractivity contribution in [2.45, 2.75) is 30.4 Å². The van der Waals surface area contributed by atoms with Crippen LogP contribution in [0.5, 0.6) is 0 Å². The second kappa shape index (κ2) is 8.00. The van der Waals surface area contributed by atoms with Crippen LogP contribution >= 0.6 is 0 Å². The molecule has 3 rings (SSSR count). The molecule has 1 N–H and O–H groups in total. The summed E-state index contributed by atoms with van der Waals surface area (Å²) < 4.78 is 46.9. The van der Waals surface area contributed by atoms with Crippen LogP contribution in [0.25, 0.3) is 5.69 Å². The number of alkyl carbamates (subject to hydrolysis) is 1. The van der Waals surface area contributed by atoms with Gasteiger partial charge in [0.15, 0.2) is 5.03 Å². The molecule has 1 aromatic carbocycles. The third-order valence-corrected chi connectivity index (χ3v) is 5.79. The van der Waals surface area contributed by atoms with Crippen molar-refractivity contribution < 1.29 is 22.3 Å². The number of nitrogens with one attached hydrogen (secondary N) is 1. The molecule has 0 aliphatic carbocycles. The molecule has 0 saturated carbocycles. The van der Waals surface area contributed by atoms with Crippen LogP contribution in [-0.2, 0) is 21.2 Å². The van der Waals surface area contributed by atoms with Crippen molar-refractivity contribution in [1.29, 1.82) is 0 Å². The first-order valence-corrected chi connectivity index (χ1v) is 10.1. The summed E-state index contributed by atoms with van der Waals surface area (Å²) in [6.45, 7) is 3.17. The topological polar surface area (TPSA) is 103 Å². The molecule has 0 spiro atoms. The maximum absolute atomic E-state index is 14.6. The number of benzene rings is 1. The van der Waals surface area contributed by atoms with Gasteiger partial charge in [0.1, 0.15) is 23.8 Å². The molecule has 152 valence electrons. The van der Waals surface area contributed by atoms with E-state index < -0.39 is 21.7 Å². The van der Waals surface area contributed by atoms with Gasteiger partial charge in [0.25, 0.3) is 0 Å². The summed E-state index contributed by atoms with van der Waals surface area (Å²) in [6, 6.07) is 8.59. The van der Waals surface area contributed by atoms with E-state index in [1.54, 1.807) is 26.0 Å². The van der Waals surface area contributed by atoms with Crippen LogP contribution in [0.2, 0.25) is 0 Å². The summed E-state index contributed by atoms with van der Waals surface area (Å²) in [5.41, 5.74) is 1.43. The van der Waals surface area contributed by atoms with Gasteiger partial charge in [0.05, 0.1) is 4.90 Å². The van der Waals surface area contributed by atoms with Gasteiger partial charge in [-0.1, -0.05) is 6.07 Å². The van der Waals surface area contributed by atoms with Crippen molar-refractivity contribution in [2.75, 3.05) is 7.05 Å². The van der Waals surface area contributed by atoms with Crippen molar-refractivity contribution in [1.82, 2.24) is 20.1 Å². The van der Waals surface area contributed by atoms with Gasteiger partial charge in [-0.2, -0.15) is 5.10 Å². The number of amides is 1. The summed E-state index contributed by atoms with van der Waals surface area (Å²) in [7, 11) is -2.68. The minimum atomic E-state index is -4.07. The normalized spacial score (nSPS) is 11.3. The molecule has 1 amide bonds. The zero-order chi connectivity index (χ0) is 21.2. The molecule has 0 atom stereocenters. The predicted molar refractivity (Wildman–Crippen MR) is 102 cm³/mol. The first-order chi connectivity index (χ1) is 13.7. The van der Waals surface area contributed by atoms with Gasteiger partial charge in [-0.3, -0.25) is 4.98 Å². The van der Waals surface area contributed by atoms with Crippen molar-refractivity contribution in [3.05, 3.63) is 65.4 Å². The quantitative estimate of drug-likeness (QED) is 0.683. The number of sulfone groups is 1. The summed E-state index contributed by atoms with van der Waals surface area (Å²) in [6.07, 6.45) is 0.530. The number of carbonyl (C=O) groups is 1. The SMILES string of the molecule is CNC(=O)OCc1cc(S(=O)(=O)c2ccc(C)nc2)n(-c2ccc(C)cc2F)n1. The van der Waals surface area contributed by atoms with E-state index in [9.17, 15) is 17.6 Å². The van der Waals surface area contributed by atoms with E-state index in [-0.39, 0.29) is 27.9 Å². The number of pyridine rings is 1. The van der Waals surface area contributed by atoms with Crippen LogP contribution in [0.4, 0.5) is 9.18 Å². The van der Waals surface area contributed by atoms with Crippen molar-refractivity contribution in [3.8, 4) is 5.69 Å².